The van der Waals surface area contributed by atoms with Crippen molar-refractivity contribution in [2.24, 2.45) is 17.3 Å². The second kappa shape index (κ2) is 7.95. The lowest BCUT2D eigenvalue weighted by Crippen LogP contribution is -2.48. The van der Waals surface area contributed by atoms with Crippen molar-refractivity contribution >= 4 is 11.8 Å². The number of nitrogens with zero attached hydrogens (tertiary/aromatic N) is 1. The molecule has 1 heterocycles. The number of carbonyl (C=O) groups excluding carboxylic acids is 2. The van der Waals surface area contributed by atoms with Crippen LogP contribution in [0, 0.1) is 17.3 Å². The Kier molecular flexibility index (Phi) is 6.85. The summed E-state index contributed by atoms with van der Waals surface area (Å²) in [7, 11) is 0. The quantitative estimate of drug-likeness (QED) is 0.813. The van der Waals surface area contributed by atoms with Crippen LogP contribution in [0.2, 0.25) is 0 Å². The molecule has 0 spiro atoms. The van der Waals surface area contributed by atoms with Gasteiger partial charge >= 0.3 is 0 Å². The molecule has 0 aromatic rings. The van der Waals surface area contributed by atoms with Crippen LogP contribution in [0.15, 0.2) is 0 Å². The summed E-state index contributed by atoms with van der Waals surface area (Å²) in [6.07, 6.45) is 2.19. The van der Waals surface area contributed by atoms with Gasteiger partial charge in [-0.05, 0) is 25.2 Å². The van der Waals surface area contributed by atoms with E-state index in [1.807, 2.05) is 25.7 Å². The fourth-order valence-electron chi connectivity index (χ4n) is 2.89. The smallest absolute Gasteiger partial charge is 0.227 e. The van der Waals surface area contributed by atoms with Gasteiger partial charge in [0.2, 0.25) is 11.8 Å². The highest BCUT2D eigenvalue weighted by Gasteiger charge is 2.32. The second-order valence-corrected chi connectivity index (χ2v) is 7.83. The first kappa shape index (κ1) is 18.9. The van der Waals surface area contributed by atoms with Crippen molar-refractivity contribution in [3.05, 3.63) is 0 Å². The van der Waals surface area contributed by atoms with Gasteiger partial charge in [-0.2, -0.15) is 0 Å². The lowest BCUT2D eigenvalue weighted by Gasteiger charge is -2.35. The Balaban J connectivity index is 2.47. The third kappa shape index (κ3) is 5.59. The van der Waals surface area contributed by atoms with E-state index in [1.54, 1.807) is 0 Å². The summed E-state index contributed by atoms with van der Waals surface area (Å²) in [4.78, 5) is 26.4. The SMILES string of the molecule is CC(C)CC(CO)NC(=O)C1CCN(C(=O)C(C)(C)C)CC1. The zero-order valence-electron chi connectivity index (χ0n) is 14.7. The number of aliphatic hydroxyl groups is 1. The maximum Gasteiger partial charge on any atom is 0.227 e. The van der Waals surface area contributed by atoms with Crippen LogP contribution in [0.25, 0.3) is 0 Å². The van der Waals surface area contributed by atoms with Crippen LogP contribution >= 0.6 is 0 Å². The summed E-state index contributed by atoms with van der Waals surface area (Å²) in [6, 6.07) is -0.165. The molecule has 1 rings (SSSR count). The zero-order valence-corrected chi connectivity index (χ0v) is 14.7. The molecule has 128 valence electrons. The van der Waals surface area contributed by atoms with Gasteiger partial charge in [-0.15, -0.1) is 0 Å². The van der Waals surface area contributed by atoms with Crippen molar-refractivity contribution in [3.8, 4) is 0 Å². The van der Waals surface area contributed by atoms with E-state index in [0.717, 1.165) is 6.42 Å². The first-order valence-electron chi connectivity index (χ1n) is 8.35. The molecule has 0 radical (unpaired) electrons. The van der Waals surface area contributed by atoms with Crippen LogP contribution in [0.5, 0.6) is 0 Å². The summed E-state index contributed by atoms with van der Waals surface area (Å²) < 4.78 is 0. The van der Waals surface area contributed by atoms with Gasteiger partial charge in [0.25, 0.3) is 0 Å². The molecular weight excluding hydrogens is 280 g/mol. The van der Waals surface area contributed by atoms with Crippen molar-refractivity contribution < 1.29 is 14.7 Å². The van der Waals surface area contributed by atoms with Crippen LogP contribution in [0.1, 0.15) is 53.9 Å². The third-order valence-electron chi connectivity index (χ3n) is 4.12. The van der Waals surface area contributed by atoms with Crippen molar-refractivity contribution in [2.45, 2.75) is 59.9 Å². The van der Waals surface area contributed by atoms with Gasteiger partial charge in [-0.25, -0.2) is 0 Å². The Bertz CT molecular complexity index is 380. The standard InChI is InChI=1S/C17H32N2O3/c1-12(2)10-14(11-20)18-15(21)13-6-8-19(9-7-13)16(22)17(3,4)5/h12-14,20H,6-11H2,1-5H3,(H,18,21). The van der Waals surface area contributed by atoms with E-state index < -0.39 is 0 Å². The Morgan fingerprint density at radius 2 is 1.77 bits per heavy atom. The minimum absolute atomic E-state index is 0.0163. The molecule has 0 aliphatic carbocycles. The average Bonchev–Trinajstić information content (AvgIpc) is 2.44. The number of nitrogens with one attached hydrogen (secondary N) is 1. The molecule has 0 aromatic carbocycles. The minimum Gasteiger partial charge on any atom is -0.394 e. The average molecular weight is 312 g/mol. The first-order chi connectivity index (χ1) is 10.1. The number of likely N-dealkylation sites (tertiary alicyclic amines) is 1. The monoisotopic (exact) mass is 312 g/mol. The molecule has 1 aliphatic heterocycles. The van der Waals surface area contributed by atoms with E-state index in [9.17, 15) is 14.7 Å². The third-order valence-corrected chi connectivity index (χ3v) is 4.12. The summed E-state index contributed by atoms with van der Waals surface area (Å²) in [5.41, 5.74) is -0.367. The fraction of sp³-hybridized carbons (Fsp3) is 0.882. The number of hydrogen-bond donors (Lipinski definition) is 2. The fourth-order valence-corrected chi connectivity index (χ4v) is 2.89. The van der Waals surface area contributed by atoms with Gasteiger partial charge < -0.3 is 15.3 Å². The summed E-state index contributed by atoms with van der Waals surface area (Å²) in [5.74, 6) is 0.552. The van der Waals surface area contributed by atoms with E-state index in [2.05, 4.69) is 19.2 Å². The number of piperidine rings is 1. The van der Waals surface area contributed by atoms with Crippen LogP contribution in [-0.2, 0) is 9.59 Å². The highest BCUT2D eigenvalue weighted by Crippen LogP contribution is 2.23. The maximum atomic E-state index is 12.3. The molecule has 1 unspecified atom stereocenters. The molecule has 2 amide bonds. The summed E-state index contributed by atoms with van der Waals surface area (Å²) in [5, 5.41) is 12.3. The molecule has 1 fully saturated rings. The first-order valence-corrected chi connectivity index (χ1v) is 8.35. The van der Waals surface area contributed by atoms with Crippen LogP contribution in [0.3, 0.4) is 0 Å². The molecular formula is C17H32N2O3. The lowest BCUT2D eigenvalue weighted by molar-refractivity contribution is -0.142. The Morgan fingerprint density at radius 1 is 1.23 bits per heavy atom. The molecule has 0 bridgehead atoms. The zero-order chi connectivity index (χ0) is 16.9. The van der Waals surface area contributed by atoms with E-state index in [1.165, 1.54) is 0 Å². The van der Waals surface area contributed by atoms with E-state index >= 15 is 0 Å². The maximum absolute atomic E-state index is 12.3. The highest BCUT2D eigenvalue weighted by atomic mass is 16.3. The Morgan fingerprint density at radius 3 is 2.18 bits per heavy atom. The van der Waals surface area contributed by atoms with Crippen molar-refractivity contribution in [2.75, 3.05) is 19.7 Å². The Hall–Kier alpha value is -1.10. The molecule has 2 N–H and O–H groups in total. The van der Waals surface area contributed by atoms with Gasteiger partial charge in [0, 0.05) is 24.4 Å². The Labute approximate surface area is 134 Å². The van der Waals surface area contributed by atoms with Crippen molar-refractivity contribution in [1.29, 1.82) is 0 Å². The normalized spacial score (nSPS) is 18.4. The second-order valence-electron chi connectivity index (χ2n) is 7.83. The number of hydrogen-bond acceptors (Lipinski definition) is 3. The predicted octanol–water partition coefficient (Wildman–Crippen LogP) is 1.79. The molecule has 0 aromatic heterocycles. The van der Waals surface area contributed by atoms with Gasteiger partial charge in [0.15, 0.2) is 0 Å². The van der Waals surface area contributed by atoms with E-state index in [0.29, 0.717) is 31.8 Å². The number of aliphatic hydroxyl groups excluding tert-OH is 1. The van der Waals surface area contributed by atoms with Gasteiger partial charge in [0.1, 0.15) is 0 Å². The van der Waals surface area contributed by atoms with Crippen LogP contribution in [0.4, 0.5) is 0 Å². The van der Waals surface area contributed by atoms with Crippen LogP contribution in [-0.4, -0.2) is 47.6 Å². The minimum atomic E-state index is -0.367. The van der Waals surface area contributed by atoms with Crippen molar-refractivity contribution in [1.82, 2.24) is 10.2 Å². The summed E-state index contributed by atoms with van der Waals surface area (Å²) >= 11 is 0. The molecule has 5 heteroatoms. The van der Waals surface area contributed by atoms with Gasteiger partial charge in [-0.3, -0.25) is 9.59 Å². The molecule has 5 nitrogen and oxygen atoms in total. The molecule has 1 atom stereocenters. The van der Waals surface area contributed by atoms with E-state index in [-0.39, 0.29) is 35.8 Å². The van der Waals surface area contributed by atoms with Crippen LogP contribution < -0.4 is 5.32 Å². The molecule has 1 saturated heterocycles. The number of rotatable bonds is 5. The molecule has 1 aliphatic rings. The largest absolute Gasteiger partial charge is 0.394 e. The topological polar surface area (TPSA) is 69.6 Å². The predicted molar refractivity (Wildman–Crippen MR) is 87.2 cm³/mol. The van der Waals surface area contributed by atoms with Crippen molar-refractivity contribution in [3.63, 3.8) is 0 Å². The number of amides is 2. The lowest BCUT2D eigenvalue weighted by atomic mass is 9.90. The van der Waals surface area contributed by atoms with E-state index in [4.69, 9.17) is 0 Å². The number of carbonyl (C=O) groups is 2. The van der Waals surface area contributed by atoms with Gasteiger partial charge in [0.05, 0.1) is 12.6 Å². The highest BCUT2D eigenvalue weighted by molar-refractivity contribution is 5.82. The molecule has 0 saturated carbocycles. The van der Waals surface area contributed by atoms with Gasteiger partial charge in [-0.1, -0.05) is 34.6 Å². The molecule has 22 heavy (non-hydrogen) atoms. The summed E-state index contributed by atoms with van der Waals surface area (Å²) in [6.45, 7) is 11.2.